The SMILES string of the molecule is Cc1nn(C)c2nc(-c3ccccc3)cc(C(=O)NCC3CCCN3)c12. The highest BCUT2D eigenvalue weighted by Gasteiger charge is 2.21. The van der Waals surface area contributed by atoms with Gasteiger partial charge in [-0.1, -0.05) is 30.3 Å². The van der Waals surface area contributed by atoms with E-state index in [9.17, 15) is 4.79 Å². The van der Waals surface area contributed by atoms with Crippen LogP contribution in [0.4, 0.5) is 0 Å². The first-order valence-corrected chi connectivity index (χ1v) is 9.05. The molecule has 0 aliphatic carbocycles. The highest BCUT2D eigenvalue weighted by atomic mass is 16.1. The Hall–Kier alpha value is -2.73. The van der Waals surface area contributed by atoms with Crippen molar-refractivity contribution in [3.05, 3.63) is 47.7 Å². The highest BCUT2D eigenvalue weighted by Crippen LogP contribution is 2.26. The van der Waals surface area contributed by atoms with Crippen molar-refractivity contribution in [2.75, 3.05) is 13.1 Å². The Morgan fingerprint density at radius 2 is 2.15 bits per heavy atom. The van der Waals surface area contributed by atoms with Crippen LogP contribution in [0.3, 0.4) is 0 Å². The number of nitrogens with one attached hydrogen (secondary N) is 2. The molecule has 0 spiro atoms. The molecule has 1 aliphatic heterocycles. The standard InChI is InChI=1S/C20H23N5O/c1-13-18-16(20(26)22-12-15-9-6-10-21-15)11-17(14-7-4-3-5-8-14)23-19(18)25(2)24-13/h3-5,7-8,11,15,21H,6,9-10,12H2,1-2H3,(H,22,26). The Kier molecular flexibility index (Phi) is 4.42. The molecule has 6 heteroatoms. The minimum Gasteiger partial charge on any atom is -0.350 e. The van der Waals surface area contributed by atoms with Crippen molar-refractivity contribution in [1.82, 2.24) is 25.4 Å². The summed E-state index contributed by atoms with van der Waals surface area (Å²) in [4.78, 5) is 17.7. The van der Waals surface area contributed by atoms with Gasteiger partial charge in [0, 0.05) is 25.2 Å². The molecule has 1 aliphatic rings. The molecule has 1 saturated heterocycles. The molecule has 0 radical (unpaired) electrons. The summed E-state index contributed by atoms with van der Waals surface area (Å²) in [6.07, 6.45) is 2.27. The van der Waals surface area contributed by atoms with Gasteiger partial charge in [-0.15, -0.1) is 0 Å². The first-order valence-electron chi connectivity index (χ1n) is 9.05. The molecular formula is C20H23N5O. The predicted molar refractivity (Wildman–Crippen MR) is 102 cm³/mol. The van der Waals surface area contributed by atoms with Gasteiger partial charge in [-0.2, -0.15) is 5.10 Å². The van der Waals surface area contributed by atoms with E-state index in [0.29, 0.717) is 18.2 Å². The molecule has 1 fully saturated rings. The zero-order valence-corrected chi connectivity index (χ0v) is 15.1. The van der Waals surface area contributed by atoms with E-state index in [2.05, 4.69) is 15.7 Å². The normalized spacial score (nSPS) is 16.9. The number of hydrogen-bond donors (Lipinski definition) is 2. The lowest BCUT2D eigenvalue weighted by atomic mass is 10.0. The Morgan fingerprint density at radius 3 is 2.88 bits per heavy atom. The van der Waals surface area contributed by atoms with Crippen LogP contribution in [0.5, 0.6) is 0 Å². The van der Waals surface area contributed by atoms with Crippen LogP contribution < -0.4 is 10.6 Å². The van der Waals surface area contributed by atoms with Gasteiger partial charge in [-0.3, -0.25) is 9.48 Å². The third kappa shape index (κ3) is 3.08. The maximum absolute atomic E-state index is 13.0. The number of rotatable bonds is 4. The number of amides is 1. The van der Waals surface area contributed by atoms with Gasteiger partial charge in [0.05, 0.1) is 22.3 Å². The van der Waals surface area contributed by atoms with Crippen LogP contribution >= 0.6 is 0 Å². The lowest BCUT2D eigenvalue weighted by molar-refractivity contribution is 0.0952. The van der Waals surface area contributed by atoms with Crippen molar-refractivity contribution in [3.8, 4) is 11.3 Å². The van der Waals surface area contributed by atoms with Gasteiger partial charge in [0.15, 0.2) is 5.65 Å². The number of aromatic nitrogens is 3. The fraction of sp³-hybridized carbons (Fsp3) is 0.350. The van der Waals surface area contributed by atoms with Crippen molar-refractivity contribution >= 4 is 16.9 Å². The molecule has 1 unspecified atom stereocenters. The van der Waals surface area contributed by atoms with Crippen LogP contribution in [0.2, 0.25) is 0 Å². The summed E-state index contributed by atoms with van der Waals surface area (Å²) in [6, 6.07) is 12.2. The first kappa shape index (κ1) is 16.7. The van der Waals surface area contributed by atoms with Gasteiger partial charge in [0.1, 0.15) is 0 Å². The van der Waals surface area contributed by atoms with E-state index in [1.807, 2.05) is 50.4 Å². The fourth-order valence-corrected chi connectivity index (χ4v) is 3.62. The number of carbonyl (C=O) groups is 1. The van der Waals surface area contributed by atoms with Crippen LogP contribution in [-0.4, -0.2) is 39.8 Å². The summed E-state index contributed by atoms with van der Waals surface area (Å²) < 4.78 is 1.74. The third-order valence-corrected chi connectivity index (χ3v) is 4.95. The molecule has 3 heterocycles. The number of aryl methyl sites for hydroxylation is 2. The lowest BCUT2D eigenvalue weighted by Gasteiger charge is -2.13. The number of nitrogens with zero attached hydrogens (tertiary/aromatic N) is 3. The molecule has 1 amide bonds. The van der Waals surface area contributed by atoms with Crippen molar-refractivity contribution in [3.63, 3.8) is 0 Å². The third-order valence-electron chi connectivity index (χ3n) is 4.95. The quantitative estimate of drug-likeness (QED) is 0.759. The summed E-state index contributed by atoms with van der Waals surface area (Å²) in [5.74, 6) is -0.0700. The minimum absolute atomic E-state index is 0.0700. The molecule has 3 aromatic rings. The van der Waals surface area contributed by atoms with Crippen molar-refractivity contribution in [1.29, 1.82) is 0 Å². The maximum atomic E-state index is 13.0. The van der Waals surface area contributed by atoms with Crippen molar-refractivity contribution < 1.29 is 4.79 Å². The Labute approximate surface area is 152 Å². The van der Waals surface area contributed by atoms with E-state index >= 15 is 0 Å². The second-order valence-corrected chi connectivity index (χ2v) is 6.83. The molecule has 6 nitrogen and oxygen atoms in total. The van der Waals surface area contributed by atoms with Gasteiger partial charge in [0.2, 0.25) is 0 Å². The van der Waals surface area contributed by atoms with E-state index in [-0.39, 0.29) is 5.91 Å². The van der Waals surface area contributed by atoms with Gasteiger partial charge in [-0.05, 0) is 32.4 Å². The minimum atomic E-state index is -0.0700. The van der Waals surface area contributed by atoms with Crippen LogP contribution in [0.25, 0.3) is 22.3 Å². The topological polar surface area (TPSA) is 71.8 Å². The predicted octanol–water partition coefficient (Wildman–Crippen LogP) is 2.43. The van der Waals surface area contributed by atoms with E-state index in [4.69, 9.17) is 4.98 Å². The monoisotopic (exact) mass is 349 g/mol. The van der Waals surface area contributed by atoms with Crippen molar-refractivity contribution in [2.24, 2.45) is 7.05 Å². The van der Waals surface area contributed by atoms with Crippen LogP contribution in [0, 0.1) is 6.92 Å². The fourth-order valence-electron chi connectivity index (χ4n) is 3.62. The Balaban J connectivity index is 1.74. The summed E-state index contributed by atoms with van der Waals surface area (Å²) in [5.41, 5.74) is 3.95. The van der Waals surface area contributed by atoms with E-state index < -0.39 is 0 Å². The molecule has 134 valence electrons. The van der Waals surface area contributed by atoms with Crippen molar-refractivity contribution in [2.45, 2.75) is 25.8 Å². The molecule has 0 saturated carbocycles. The summed E-state index contributed by atoms with van der Waals surface area (Å²) in [5, 5.41) is 11.8. The number of pyridine rings is 1. The van der Waals surface area contributed by atoms with E-state index in [0.717, 1.165) is 41.0 Å². The van der Waals surface area contributed by atoms with Crippen LogP contribution in [-0.2, 0) is 7.05 Å². The largest absolute Gasteiger partial charge is 0.350 e. The van der Waals surface area contributed by atoms with E-state index in [1.165, 1.54) is 6.42 Å². The Morgan fingerprint density at radius 1 is 1.35 bits per heavy atom. The molecule has 0 bridgehead atoms. The number of hydrogen-bond acceptors (Lipinski definition) is 4. The summed E-state index contributed by atoms with van der Waals surface area (Å²) >= 11 is 0. The van der Waals surface area contributed by atoms with Gasteiger partial charge in [-0.25, -0.2) is 4.98 Å². The van der Waals surface area contributed by atoms with E-state index in [1.54, 1.807) is 4.68 Å². The number of fused-ring (bicyclic) bond motifs is 1. The number of carbonyl (C=O) groups excluding carboxylic acids is 1. The zero-order valence-electron chi connectivity index (χ0n) is 15.1. The molecular weight excluding hydrogens is 326 g/mol. The average Bonchev–Trinajstić information content (AvgIpc) is 3.28. The zero-order chi connectivity index (χ0) is 18.1. The van der Waals surface area contributed by atoms with Gasteiger partial charge >= 0.3 is 0 Å². The first-order chi connectivity index (χ1) is 12.6. The second kappa shape index (κ2) is 6.88. The highest BCUT2D eigenvalue weighted by molar-refractivity contribution is 6.07. The average molecular weight is 349 g/mol. The molecule has 2 aromatic heterocycles. The van der Waals surface area contributed by atoms with Crippen LogP contribution in [0.1, 0.15) is 28.9 Å². The van der Waals surface area contributed by atoms with Gasteiger partial charge < -0.3 is 10.6 Å². The number of benzene rings is 1. The van der Waals surface area contributed by atoms with Gasteiger partial charge in [0.25, 0.3) is 5.91 Å². The summed E-state index contributed by atoms with van der Waals surface area (Å²) in [6.45, 7) is 3.59. The maximum Gasteiger partial charge on any atom is 0.252 e. The summed E-state index contributed by atoms with van der Waals surface area (Å²) in [7, 11) is 1.86. The molecule has 1 aromatic carbocycles. The molecule has 4 rings (SSSR count). The molecule has 2 N–H and O–H groups in total. The smallest absolute Gasteiger partial charge is 0.252 e. The molecule has 26 heavy (non-hydrogen) atoms. The second-order valence-electron chi connectivity index (χ2n) is 6.83. The Bertz CT molecular complexity index is 942. The van der Waals surface area contributed by atoms with Crippen LogP contribution in [0.15, 0.2) is 36.4 Å². The lowest BCUT2D eigenvalue weighted by Crippen LogP contribution is -2.37. The molecule has 1 atom stereocenters.